The van der Waals surface area contributed by atoms with E-state index in [2.05, 4.69) is 22.1 Å². The van der Waals surface area contributed by atoms with E-state index in [-0.39, 0.29) is 0 Å². The van der Waals surface area contributed by atoms with E-state index in [0.717, 1.165) is 33.9 Å². The Bertz CT molecular complexity index is 987. The summed E-state index contributed by atoms with van der Waals surface area (Å²) in [5.41, 5.74) is 4.85. The van der Waals surface area contributed by atoms with Gasteiger partial charge in [-0.15, -0.1) is 0 Å². The molecule has 4 rings (SSSR count). The van der Waals surface area contributed by atoms with Gasteiger partial charge in [0.2, 0.25) is 0 Å². The molecule has 5 nitrogen and oxygen atoms in total. The minimum atomic E-state index is 0.665. The van der Waals surface area contributed by atoms with Gasteiger partial charge >= 0.3 is 0 Å². The molecule has 0 saturated carbocycles. The molecule has 2 aromatic heterocycles. The first kappa shape index (κ1) is 16.8. The number of pyridine rings is 1. The highest BCUT2D eigenvalue weighted by atomic mass is 16.5. The summed E-state index contributed by atoms with van der Waals surface area (Å²) >= 11 is 0. The monoisotopic (exact) mass is 357 g/mol. The molecule has 0 spiro atoms. The second-order valence-electron chi connectivity index (χ2n) is 5.98. The molecule has 0 amide bonds. The van der Waals surface area contributed by atoms with Crippen LogP contribution < -0.4 is 9.47 Å². The van der Waals surface area contributed by atoms with E-state index < -0.39 is 0 Å². The summed E-state index contributed by atoms with van der Waals surface area (Å²) in [5.74, 6) is 2.12. The number of benzene rings is 2. The second kappa shape index (κ2) is 7.33. The quantitative estimate of drug-likeness (QED) is 0.556. The van der Waals surface area contributed by atoms with E-state index in [1.807, 2.05) is 48.5 Å². The predicted molar refractivity (Wildman–Crippen MR) is 106 cm³/mol. The Kier molecular flexibility index (Phi) is 4.58. The minimum Gasteiger partial charge on any atom is -0.493 e. The maximum absolute atomic E-state index is 5.43. The summed E-state index contributed by atoms with van der Waals surface area (Å²) in [6.07, 6.45) is 3.55. The summed E-state index contributed by atoms with van der Waals surface area (Å²) in [5, 5.41) is 0. The van der Waals surface area contributed by atoms with Crippen LogP contribution in [0.25, 0.3) is 33.9 Å². The third-order valence-corrected chi connectivity index (χ3v) is 4.38. The molecule has 0 aliphatic heterocycles. The largest absolute Gasteiger partial charge is 0.493 e. The zero-order valence-corrected chi connectivity index (χ0v) is 15.1. The first-order valence-electron chi connectivity index (χ1n) is 8.58. The fourth-order valence-electron chi connectivity index (χ4n) is 3.03. The van der Waals surface area contributed by atoms with Gasteiger partial charge in [0, 0.05) is 29.1 Å². The molecular weight excluding hydrogens is 338 g/mol. The SMILES string of the molecule is COc1ccc(-c2nc(-c3ccncc3)c(-c3ccccc3)[nH]2)cc1OC. The Morgan fingerprint density at radius 1 is 0.741 bits per heavy atom. The van der Waals surface area contributed by atoms with Crippen molar-refractivity contribution in [1.29, 1.82) is 0 Å². The van der Waals surface area contributed by atoms with Gasteiger partial charge in [0.1, 0.15) is 5.82 Å². The van der Waals surface area contributed by atoms with Crippen molar-refractivity contribution < 1.29 is 9.47 Å². The zero-order valence-electron chi connectivity index (χ0n) is 15.1. The lowest BCUT2D eigenvalue weighted by molar-refractivity contribution is 0.355. The van der Waals surface area contributed by atoms with Crippen molar-refractivity contribution in [2.75, 3.05) is 14.2 Å². The third kappa shape index (κ3) is 3.27. The summed E-state index contributed by atoms with van der Waals surface area (Å²) in [7, 11) is 3.25. The smallest absolute Gasteiger partial charge is 0.161 e. The van der Waals surface area contributed by atoms with Crippen molar-refractivity contribution in [3.05, 3.63) is 73.1 Å². The Morgan fingerprint density at radius 3 is 2.19 bits per heavy atom. The van der Waals surface area contributed by atoms with Crippen LogP contribution in [0.15, 0.2) is 73.1 Å². The molecule has 134 valence electrons. The highest BCUT2D eigenvalue weighted by molar-refractivity contribution is 5.81. The first-order chi connectivity index (χ1) is 13.3. The summed E-state index contributed by atoms with van der Waals surface area (Å²) in [6, 6.07) is 19.8. The van der Waals surface area contributed by atoms with E-state index in [1.165, 1.54) is 0 Å². The molecule has 0 radical (unpaired) electrons. The number of aromatic nitrogens is 3. The molecule has 0 aliphatic carbocycles. The number of hydrogen-bond acceptors (Lipinski definition) is 4. The van der Waals surface area contributed by atoms with E-state index in [1.54, 1.807) is 26.6 Å². The molecule has 27 heavy (non-hydrogen) atoms. The summed E-state index contributed by atoms with van der Waals surface area (Å²) < 4.78 is 10.8. The Balaban J connectivity index is 1.87. The third-order valence-electron chi connectivity index (χ3n) is 4.38. The number of nitrogens with zero attached hydrogens (tertiary/aromatic N) is 2. The molecule has 4 aromatic rings. The summed E-state index contributed by atoms with van der Waals surface area (Å²) in [4.78, 5) is 12.5. The van der Waals surface area contributed by atoms with Crippen molar-refractivity contribution in [2.24, 2.45) is 0 Å². The van der Waals surface area contributed by atoms with Crippen LogP contribution in [0.4, 0.5) is 0 Å². The van der Waals surface area contributed by atoms with Gasteiger partial charge in [-0.1, -0.05) is 30.3 Å². The van der Waals surface area contributed by atoms with Crippen molar-refractivity contribution >= 4 is 0 Å². The number of nitrogens with one attached hydrogen (secondary N) is 1. The Labute approximate surface area is 157 Å². The van der Waals surface area contributed by atoms with E-state index in [4.69, 9.17) is 14.5 Å². The van der Waals surface area contributed by atoms with Gasteiger partial charge in [0.05, 0.1) is 25.6 Å². The van der Waals surface area contributed by atoms with Crippen molar-refractivity contribution in [3.63, 3.8) is 0 Å². The van der Waals surface area contributed by atoms with E-state index >= 15 is 0 Å². The molecule has 0 fully saturated rings. The topological polar surface area (TPSA) is 60.0 Å². The highest BCUT2D eigenvalue weighted by Gasteiger charge is 2.16. The number of ether oxygens (including phenoxy) is 2. The average molecular weight is 357 g/mol. The molecule has 2 aromatic carbocycles. The molecule has 5 heteroatoms. The molecule has 0 bridgehead atoms. The maximum Gasteiger partial charge on any atom is 0.161 e. The van der Waals surface area contributed by atoms with Crippen LogP contribution in [0.2, 0.25) is 0 Å². The molecule has 0 unspecified atom stereocenters. The molecule has 2 heterocycles. The van der Waals surface area contributed by atoms with Crippen LogP contribution in [-0.4, -0.2) is 29.2 Å². The minimum absolute atomic E-state index is 0.665. The molecule has 0 atom stereocenters. The van der Waals surface area contributed by atoms with Crippen LogP contribution in [-0.2, 0) is 0 Å². The Hall–Kier alpha value is -3.60. The van der Waals surface area contributed by atoms with Crippen LogP contribution in [0.5, 0.6) is 11.5 Å². The van der Waals surface area contributed by atoms with Crippen LogP contribution in [0, 0.1) is 0 Å². The number of rotatable bonds is 5. The van der Waals surface area contributed by atoms with Crippen molar-refractivity contribution in [2.45, 2.75) is 0 Å². The molecule has 1 N–H and O–H groups in total. The number of hydrogen-bond donors (Lipinski definition) is 1. The van der Waals surface area contributed by atoms with E-state index in [0.29, 0.717) is 11.5 Å². The van der Waals surface area contributed by atoms with Gasteiger partial charge in [-0.3, -0.25) is 4.98 Å². The van der Waals surface area contributed by atoms with Crippen LogP contribution >= 0.6 is 0 Å². The lowest BCUT2D eigenvalue weighted by Crippen LogP contribution is -1.91. The normalized spacial score (nSPS) is 10.6. The maximum atomic E-state index is 5.43. The predicted octanol–water partition coefficient (Wildman–Crippen LogP) is 4.82. The van der Waals surface area contributed by atoms with Gasteiger partial charge in [0.25, 0.3) is 0 Å². The number of H-pyrrole nitrogens is 1. The summed E-state index contributed by atoms with van der Waals surface area (Å²) in [6.45, 7) is 0. The van der Waals surface area contributed by atoms with E-state index in [9.17, 15) is 0 Å². The van der Waals surface area contributed by atoms with Gasteiger partial charge in [-0.25, -0.2) is 4.98 Å². The number of methoxy groups -OCH3 is 2. The standard InChI is InChI=1S/C22H19N3O2/c1-26-18-9-8-17(14-19(18)27-2)22-24-20(15-6-4-3-5-7-15)21(25-22)16-10-12-23-13-11-16/h3-14H,1-2H3,(H,24,25). The van der Waals surface area contributed by atoms with Crippen molar-refractivity contribution in [3.8, 4) is 45.4 Å². The molecule has 0 aliphatic rings. The molecular formula is C22H19N3O2. The van der Waals surface area contributed by atoms with Gasteiger partial charge in [-0.05, 0) is 30.3 Å². The first-order valence-corrected chi connectivity index (χ1v) is 8.58. The zero-order chi connectivity index (χ0) is 18.6. The van der Waals surface area contributed by atoms with Gasteiger partial charge < -0.3 is 14.5 Å². The Morgan fingerprint density at radius 2 is 1.48 bits per heavy atom. The number of aromatic amines is 1. The number of imidazole rings is 1. The molecule has 0 saturated heterocycles. The lowest BCUT2D eigenvalue weighted by atomic mass is 10.1. The lowest BCUT2D eigenvalue weighted by Gasteiger charge is -2.08. The highest BCUT2D eigenvalue weighted by Crippen LogP contribution is 2.35. The fraction of sp³-hybridized carbons (Fsp3) is 0.0909. The van der Waals surface area contributed by atoms with Crippen LogP contribution in [0.1, 0.15) is 0 Å². The van der Waals surface area contributed by atoms with Gasteiger partial charge in [-0.2, -0.15) is 0 Å². The second-order valence-corrected chi connectivity index (χ2v) is 5.98. The van der Waals surface area contributed by atoms with Crippen LogP contribution in [0.3, 0.4) is 0 Å². The fourth-order valence-corrected chi connectivity index (χ4v) is 3.03. The van der Waals surface area contributed by atoms with Gasteiger partial charge in [0.15, 0.2) is 11.5 Å². The van der Waals surface area contributed by atoms with Crippen molar-refractivity contribution in [1.82, 2.24) is 15.0 Å². The average Bonchev–Trinajstić information content (AvgIpc) is 3.20.